The zero-order valence-corrected chi connectivity index (χ0v) is 20.2. The van der Waals surface area contributed by atoms with Crippen molar-refractivity contribution >= 4 is 0 Å². The second-order valence-electron chi connectivity index (χ2n) is 9.95. The van der Waals surface area contributed by atoms with Gasteiger partial charge in [0, 0.05) is 11.7 Å². The fraction of sp³-hybridized carbons (Fsp3) is 0.852. The Morgan fingerprint density at radius 1 is 0.929 bits per heavy atom. The SMILES string of the molecule is C=C1CCC2(C)C(CCC3C2CCC2(C)C(C(=C)CC)CCC32)N1.CC.CC. The Kier molecular flexibility index (Phi) is 7.90. The summed E-state index contributed by atoms with van der Waals surface area (Å²) in [6.07, 6.45) is 12.3. The Morgan fingerprint density at radius 3 is 2.21 bits per heavy atom. The summed E-state index contributed by atoms with van der Waals surface area (Å²) < 4.78 is 0. The average Bonchev–Trinajstić information content (AvgIpc) is 3.08. The molecule has 7 unspecified atom stereocenters. The Morgan fingerprint density at radius 2 is 1.57 bits per heavy atom. The highest BCUT2D eigenvalue weighted by molar-refractivity contribution is 5.18. The lowest BCUT2D eigenvalue weighted by molar-refractivity contribution is -0.0872. The Balaban J connectivity index is 0.000000660. The van der Waals surface area contributed by atoms with Crippen LogP contribution in [0.2, 0.25) is 0 Å². The summed E-state index contributed by atoms with van der Waals surface area (Å²) in [4.78, 5) is 0. The highest BCUT2D eigenvalue weighted by Crippen LogP contribution is 2.66. The van der Waals surface area contributed by atoms with Gasteiger partial charge in [0.1, 0.15) is 0 Å². The normalized spacial score (nSPS) is 43.7. The van der Waals surface area contributed by atoms with Crippen molar-refractivity contribution in [3.05, 3.63) is 24.4 Å². The van der Waals surface area contributed by atoms with E-state index in [1.54, 1.807) is 0 Å². The van der Waals surface area contributed by atoms with E-state index in [2.05, 4.69) is 39.2 Å². The second kappa shape index (κ2) is 9.40. The standard InChI is InChI=1S/C23H37N.2C2H6/c1-6-15(2)18-8-9-19-17-7-10-21-23(5,13-11-16(3)24-21)20(17)12-14-22(18,19)4;2*1-2/h17-21,24H,2-3,6-14H2,1,4-5H3;2*1-2H3. The van der Waals surface area contributed by atoms with Crippen LogP contribution in [0.5, 0.6) is 0 Å². The molecule has 1 aliphatic heterocycles. The third-order valence-electron chi connectivity index (χ3n) is 9.16. The summed E-state index contributed by atoms with van der Waals surface area (Å²) in [7, 11) is 0. The molecule has 0 spiro atoms. The van der Waals surface area contributed by atoms with Crippen LogP contribution in [0.3, 0.4) is 0 Å². The number of hydrogen-bond donors (Lipinski definition) is 1. The van der Waals surface area contributed by atoms with Crippen molar-refractivity contribution in [3.63, 3.8) is 0 Å². The van der Waals surface area contributed by atoms with Gasteiger partial charge in [0.25, 0.3) is 0 Å². The van der Waals surface area contributed by atoms with Crippen LogP contribution >= 0.6 is 0 Å². The number of fused-ring (bicyclic) bond motifs is 5. The summed E-state index contributed by atoms with van der Waals surface area (Å²) in [5, 5.41) is 3.79. The molecule has 28 heavy (non-hydrogen) atoms. The molecule has 1 saturated heterocycles. The molecule has 1 heterocycles. The highest BCUT2D eigenvalue weighted by Gasteiger charge is 2.60. The van der Waals surface area contributed by atoms with E-state index in [4.69, 9.17) is 0 Å². The Bertz CT molecular complexity index is 548. The van der Waals surface area contributed by atoms with E-state index in [-0.39, 0.29) is 0 Å². The molecule has 0 radical (unpaired) electrons. The molecule has 4 aliphatic rings. The molecule has 0 amide bonds. The molecule has 7 atom stereocenters. The summed E-state index contributed by atoms with van der Waals surface area (Å²) in [6.45, 7) is 24.2. The number of allylic oxidation sites excluding steroid dienone is 2. The van der Waals surface area contributed by atoms with Gasteiger partial charge in [-0.25, -0.2) is 0 Å². The molecule has 1 heteroatoms. The van der Waals surface area contributed by atoms with E-state index in [1.165, 1.54) is 69.1 Å². The quantitative estimate of drug-likeness (QED) is 0.471. The van der Waals surface area contributed by atoms with Crippen molar-refractivity contribution in [2.24, 2.45) is 34.5 Å². The predicted molar refractivity (Wildman–Crippen MR) is 125 cm³/mol. The molecule has 0 aromatic heterocycles. The van der Waals surface area contributed by atoms with Gasteiger partial charge in [0.15, 0.2) is 0 Å². The fourth-order valence-corrected chi connectivity index (χ4v) is 7.71. The van der Waals surface area contributed by atoms with Gasteiger partial charge in [-0.15, -0.1) is 0 Å². The third-order valence-corrected chi connectivity index (χ3v) is 9.16. The van der Waals surface area contributed by atoms with Crippen molar-refractivity contribution in [3.8, 4) is 0 Å². The van der Waals surface area contributed by atoms with E-state index < -0.39 is 0 Å². The molecule has 1 N–H and O–H groups in total. The van der Waals surface area contributed by atoms with Gasteiger partial charge in [0.05, 0.1) is 0 Å². The van der Waals surface area contributed by atoms with Gasteiger partial charge in [0.2, 0.25) is 0 Å². The largest absolute Gasteiger partial charge is 0.386 e. The molecular formula is C27H49N. The Labute approximate surface area is 176 Å². The van der Waals surface area contributed by atoms with E-state index in [0.717, 1.165) is 23.7 Å². The van der Waals surface area contributed by atoms with Crippen molar-refractivity contribution in [1.82, 2.24) is 5.32 Å². The number of nitrogens with one attached hydrogen (secondary N) is 1. The lowest BCUT2D eigenvalue weighted by Crippen LogP contribution is -2.59. The molecule has 0 aromatic rings. The van der Waals surface area contributed by atoms with Gasteiger partial charge in [-0.2, -0.15) is 0 Å². The van der Waals surface area contributed by atoms with Gasteiger partial charge < -0.3 is 5.32 Å². The minimum Gasteiger partial charge on any atom is -0.386 e. The van der Waals surface area contributed by atoms with Gasteiger partial charge >= 0.3 is 0 Å². The molecule has 4 rings (SSSR count). The van der Waals surface area contributed by atoms with E-state index >= 15 is 0 Å². The first-order valence-electron chi connectivity index (χ1n) is 12.5. The van der Waals surface area contributed by atoms with E-state index in [9.17, 15) is 0 Å². The molecular weight excluding hydrogens is 338 g/mol. The molecule has 1 nitrogen and oxygen atoms in total. The van der Waals surface area contributed by atoms with Crippen LogP contribution in [0.15, 0.2) is 24.4 Å². The molecule has 162 valence electrons. The first-order valence-corrected chi connectivity index (χ1v) is 12.5. The molecule has 0 aromatic carbocycles. The molecule has 4 fully saturated rings. The van der Waals surface area contributed by atoms with Crippen molar-refractivity contribution < 1.29 is 0 Å². The maximum absolute atomic E-state index is 4.46. The predicted octanol–water partition coefficient (Wildman–Crippen LogP) is 8.13. The average molecular weight is 388 g/mol. The van der Waals surface area contributed by atoms with E-state index in [0.29, 0.717) is 16.9 Å². The van der Waals surface area contributed by atoms with Crippen LogP contribution in [0, 0.1) is 34.5 Å². The van der Waals surface area contributed by atoms with Crippen LogP contribution in [0.4, 0.5) is 0 Å². The summed E-state index contributed by atoms with van der Waals surface area (Å²) in [6, 6.07) is 0.687. The number of hydrogen-bond acceptors (Lipinski definition) is 1. The fourth-order valence-electron chi connectivity index (χ4n) is 7.71. The molecule has 3 aliphatic carbocycles. The Hall–Kier alpha value is -0.720. The van der Waals surface area contributed by atoms with Crippen molar-refractivity contribution in [2.75, 3.05) is 0 Å². The van der Waals surface area contributed by atoms with Gasteiger partial charge in [-0.05, 0) is 92.3 Å². The summed E-state index contributed by atoms with van der Waals surface area (Å²) >= 11 is 0. The van der Waals surface area contributed by atoms with Gasteiger partial charge in [-0.1, -0.05) is 67.2 Å². The van der Waals surface area contributed by atoms with Gasteiger partial charge in [-0.3, -0.25) is 0 Å². The van der Waals surface area contributed by atoms with Crippen LogP contribution in [0.25, 0.3) is 0 Å². The molecule has 0 bridgehead atoms. The van der Waals surface area contributed by atoms with Crippen LogP contribution in [-0.2, 0) is 0 Å². The molecule has 3 saturated carbocycles. The van der Waals surface area contributed by atoms with Crippen LogP contribution in [0.1, 0.15) is 106 Å². The van der Waals surface area contributed by atoms with Crippen LogP contribution < -0.4 is 5.32 Å². The lowest BCUT2D eigenvalue weighted by atomic mass is 9.46. The zero-order chi connectivity index (χ0) is 21.1. The first-order chi connectivity index (χ1) is 13.4. The van der Waals surface area contributed by atoms with Crippen molar-refractivity contribution in [2.45, 2.75) is 112 Å². The second-order valence-corrected chi connectivity index (χ2v) is 9.95. The smallest absolute Gasteiger partial charge is 0.0314 e. The van der Waals surface area contributed by atoms with Crippen LogP contribution in [-0.4, -0.2) is 6.04 Å². The maximum atomic E-state index is 4.46. The number of rotatable bonds is 2. The third kappa shape index (κ3) is 3.72. The monoisotopic (exact) mass is 387 g/mol. The maximum Gasteiger partial charge on any atom is 0.0314 e. The van der Waals surface area contributed by atoms with Crippen molar-refractivity contribution in [1.29, 1.82) is 0 Å². The zero-order valence-electron chi connectivity index (χ0n) is 20.2. The van der Waals surface area contributed by atoms with E-state index in [1.807, 2.05) is 27.7 Å². The minimum absolute atomic E-state index is 0.505. The highest BCUT2D eigenvalue weighted by atomic mass is 15.0. The topological polar surface area (TPSA) is 12.0 Å². The number of piperidine rings is 1. The summed E-state index contributed by atoms with van der Waals surface area (Å²) in [5.74, 6) is 3.65. The summed E-state index contributed by atoms with van der Waals surface area (Å²) in [5.41, 5.74) is 3.87. The first kappa shape index (κ1) is 23.6. The minimum atomic E-state index is 0.505. The lowest BCUT2D eigenvalue weighted by Gasteiger charge is -2.60.